The lowest BCUT2D eigenvalue weighted by Gasteiger charge is -2.25. The second-order valence-electron chi connectivity index (χ2n) is 6.26. The lowest BCUT2D eigenvalue weighted by Crippen LogP contribution is -2.26. The van der Waals surface area contributed by atoms with Crippen molar-refractivity contribution in [2.45, 2.75) is 31.1 Å². The average molecular weight is 332 g/mol. The van der Waals surface area contributed by atoms with Crippen molar-refractivity contribution in [3.63, 3.8) is 0 Å². The summed E-state index contributed by atoms with van der Waals surface area (Å²) < 4.78 is 5.91. The summed E-state index contributed by atoms with van der Waals surface area (Å²) >= 11 is 5.87. The van der Waals surface area contributed by atoms with Gasteiger partial charge in [-0.3, -0.25) is 4.79 Å². The van der Waals surface area contributed by atoms with Crippen LogP contribution in [0.4, 0.5) is 0 Å². The fourth-order valence-corrected chi connectivity index (χ4v) is 2.44. The molecule has 2 N–H and O–H groups in total. The first-order chi connectivity index (χ1) is 10.9. The standard InChI is InChI=1S/C19H22ClNO2/c1-19(2,15-6-4-3-5-7-15)13-23-16-10-8-14(9-11-16)12-17(20)18(21)22/h3-11,17H,12-13H2,1-2H3,(H2,21,22). The molecule has 2 aromatic rings. The maximum atomic E-state index is 11.0. The van der Waals surface area contributed by atoms with Crippen molar-refractivity contribution in [1.29, 1.82) is 0 Å². The molecule has 23 heavy (non-hydrogen) atoms. The van der Waals surface area contributed by atoms with E-state index in [4.69, 9.17) is 22.1 Å². The quantitative estimate of drug-likeness (QED) is 0.787. The van der Waals surface area contributed by atoms with Gasteiger partial charge in [-0.2, -0.15) is 0 Å². The van der Waals surface area contributed by atoms with Crippen molar-refractivity contribution in [2.75, 3.05) is 6.61 Å². The summed E-state index contributed by atoms with van der Waals surface area (Å²) in [7, 11) is 0. The van der Waals surface area contributed by atoms with E-state index < -0.39 is 11.3 Å². The Kier molecular flexibility index (Phi) is 5.67. The van der Waals surface area contributed by atoms with Crippen LogP contribution < -0.4 is 10.5 Å². The van der Waals surface area contributed by atoms with Gasteiger partial charge in [0.05, 0.1) is 6.61 Å². The van der Waals surface area contributed by atoms with E-state index in [9.17, 15) is 4.79 Å². The first-order valence-electron chi connectivity index (χ1n) is 7.59. The topological polar surface area (TPSA) is 52.3 Å². The molecule has 122 valence electrons. The lowest BCUT2D eigenvalue weighted by atomic mass is 9.86. The Labute approximate surface area is 142 Å². The monoisotopic (exact) mass is 331 g/mol. The smallest absolute Gasteiger partial charge is 0.235 e. The number of alkyl halides is 1. The zero-order valence-corrected chi connectivity index (χ0v) is 14.2. The molecule has 4 heteroatoms. The Morgan fingerprint density at radius 3 is 2.30 bits per heavy atom. The third-order valence-electron chi connectivity index (χ3n) is 3.80. The number of ether oxygens (including phenoxy) is 1. The SMILES string of the molecule is CC(C)(COc1ccc(CC(Cl)C(N)=O)cc1)c1ccccc1. The summed E-state index contributed by atoms with van der Waals surface area (Å²) in [5, 5.41) is -0.682. The van der Waals surface area contributed by atoms with Gasteiger partial charge in [-0.25, -0.2) is 0 Å². The number of primary amides is 1. The van der Waals surface area contributed by atoms with E-state index in [1.54, 1.807) is 0 Å². The number of hydrogen-bond donors (Lipinski definition) is 1. The van der Waals surface area contributed by atoms with Crippen molar-refractivity contribution in [1.82, 2.24) is 0 Å². The van der Waals surface area contributed by atoms with Gasteiger partial charge in [-0.05, 0) is 29.7 Å². The number of carbonyl (C=O) groups excluding carboxylic acids is 1. The second kappa shape index (κ2) is 7.51. The van der Waals surface area contributed by atoms with Gasteiger partial charge in [0.2, 0.25) is 5.91 Å². The van der Waals surface area contributed by atoms with Crippen molar-refractivity contribution in [2.24, 2.45) is 5.73 Å². The zero-order valence-electron chi connectivity index (χ0n) is 13.5. The molecule has 1 atom stereocenters. The third kappa shape index (κ3) is 5.00. The number of hydrogen-bond acceptors (Lipinski definition) is 2. The summed E-state index contributed by atoms with van der Waals surface area (Å²) in [6.45, 7) is 4.89. The minimum absolute atomic E-state index is 0.0763. The second-order valence-corrected chi connectivity index (χ2v) is 6.78. The molecular weight excluding hydrogens is 310 g/mol. The maximum absolute atomic E-state index is 11.0. The number of benzene rings is 2. The minimum Gasteiger partial charge on any atom is -0.493 e. The van der Waals surface area contributed by atoms with Gasteiger partial charge >= 0.3 is 0 Å². The number of nitrogens with two attached hydrogens (primary N) is 1. The third-order valence-corrected chi connectivity index (χ3v) is 4.17. The van der Waals surface area contributed by atoms with Crippen molar-refractivity contribution < 1.29 is 9.53 Å². The summed E-state index contributed by atoms with van der Waals surface area (Å²) in [6, 6.07) is 17.9. The molecule has 0 bridgehead atoms. The van der Waals surface area contributed by atoms with E-state index in [2.05, 4.69) is 26.0 Å². The van der Waals surface area contributed by atoms with E-state index in [0.717, 1.165) is 11.3 Å². The number of rotatable bonds is 7. The molecule has 0 aliphatic heterocycles. The van der Waals surface area contributed by atoms with Crippen LogP contribution in [-0.4, -0.2) is 17.9 Å². The van der Waals surface area contributed by atoms with E-state index in [-0.39, 0.29) is 5.41 Å². The fraction of sp³-hybridized carbons (Fsp3) is 0.316. The molecule has 1 amide bonds. The Bertz CT molecular complexity index is 638. The van der Waals surface area contributed by atoms with Gasteiger partial charge in [0.1, 0.15) is 11.1 Å². The first kappa shape index (κ1) is 17.4. The van der Waals surface area contributed by atoms with E-state index in [1.165, 1.54) is 5.56 Å². The van der Waals surface area contributed by atoms with Gasteiger partial charge in [0.15, 0.2) is 0 Å². The minimum atomic E-state index is -0.682. The molecule has 0 spiro atoms. The Morgan fingerprint density at radius 2 is 1.74 bits per heavy atom. The predicted octanol–water partition coefficient (Wildman–Crippen LogP) is 3.68. The summed E-state index contributed by atoms with van der Waals surface area (Å²) in [5.41, 5.74) is 7.29. The van der Waals surface area contributed by atoms with Crippen LogP contribution in [0.25, 0.3) is 0 Å². The molecular formula is C19H22ClNO2. The van der Waals surface area contributed by atoms with Crippen LogP contribution in [-0.2, 0) is 16.6 Å². The fourth-order valence-electron chi connectivity index (χ4n) is 2.27. The van der Waals surface area contributed by atoms with Crippen molar-refractivity contribution >= 4 is 17.5 Å². The largest absolute Gasteiger partial charge is 0.493 e. The number of amides is 1. The van der Waals surface area contributed by atoms with Gasteiger partial charge in [0, 0.05) is 5.41 Å². The Balaban J connectivity index is 1.95. The Hall–Kier alpha value is -2.00. The highest BCUT2D eigenvalue weighted by atomic mass is 35.5. The van der Waals surface area contributed by atoms with E-state index >= 15 is 0 Å². The van der Waals surface area contributed by atoms with Crippen LogP contribution in [0.3, 0.4) is 0 Å². The normalized spacial score (nSPS) is 12.7. The molecule has 0 fully saturated rings. The molecule has 1 unspecified atom stereocenters. The molecule has 2 rings (SSSR count). The molecule has 0 heterocycles. The van der Waals surface area contributed by atoms with Gasteiger partial charge in [-0.15, -0.1) is 11.6 Å². The van der Waals surface area contributed by atoms with Crippen LogP contribution in [0.1, 0.15) is 25.0 Å². The average Bonchev–Trinajstić information content (AvgIpc) is 2.55. The summed E-state index contributed by atoms with van der Waals surface area (Å²) in [5.74, 6) is 0.291. The van der Waals surface area contributed by atoms with Crippen LogP contribution >= 0.6 is 11.6 Å². The Morgan fingerprint density at radius 1 is 1.13 bits per heavy atom. The molecule has 0 radical (unpaired) electrons. The van der Waals surface area contributed by atoms with E-state index in [1.807, 2.05) is 42.5 Å². The highest BCUT2D eigenvalue weighted by Gasteiger charge is 2.21. The number of halogens is 1. The highest BCUT2D eigenvalue weighted by Crippen LogP contribution is 2.24. The van der Waals surface area contributed by atoms with Gasteiger partial charge in [-0.1, -0.05) is 56.3 Å². The summed E-state index contributed by atoms with van der Waals surface area (Å²) in [4.78, 5) is 11.0. The molecule has 0 aromatic heterocycles. The number of carbonyl (C=O) groups is 1. The van der Waals surface area contributed by atoms with Crippen LogP contribution in [0.15, 0.2) is 54.6 Å². The highest BCUT2D eigenvalue weighted by molar-refractivity contribution is 6.30. The first-order valence-corrected chi connectivity index (χ1v) is 8.03. The van der Waals surface area contributed by atoms with Crippen LogP contribution in [0.2, 0.25) is 0 Å². The zero-order chi connectivity index (χ0) is 16.9. The molecule has 0 aliphatic carbocycles. The predicted molar refractivity (Wildman–Crippen MR) is 93.9 cm³/mol. The molecule has 3 nitrogen and oxygen atoms in total. The van der Waals surface area contributed by atoms with Crippen molar-refractivity contribution in [3.8, 4) is 5.75 Å². The molecule has 0 saturated heterocycles. The summed E-state index contributed by atoms with van der Waals surface area (Å²) in [6.07, 6.45) is 0.423. The molecule has 0 aliphatic rings. The van der Waals surface area contributed by atoms with E-state index in [0.29, 0.717) is 13.0 Å². The van der Waals surface area contributed by atoms with Gasteiger partial charge < -0.3 is 10.5 Å². The van der Waals surface area contributed by atoms with Gasteiger partial charge in [0.25, 0.3) is 0 Å². The molecule has 0 saturated carbocycles. The van der Waals surface area contributed by atoms with Crippen LogP contribution in [0.5, 0.6) is 5.75 Å². The van der Waals surface area contributed by atoms with Crippen molar-refractivity contribution in [3.05, 3.63) is 65.7 Å². The van der Waals surface area contributed by atoms with Crippen LogP contribution in [0, 0.1) is 0 Å². The lowest BCUT2D eigenvalue weighted by molar-refractivity contribution is -0.117. The molecule has 2 aromatic carbocycles. The maximum Gasteiger partial charge on any atom is 0.235 e.